The number of hydrogen-bond donors (Lipinski definition) is 1. The molecule has 6 nitrogen and oxygen atoms in total. The smallest absolute Gasteiger partial charge is 0.329 e. The van der Waals surface area contributed by atoms with E-state index in [1.165, 1.54) is 29.8 Å². The highest BCUT2D eigenvalue weighted by molar-refractivity contribution is 7.21. The zero-order chi connectivity index (χ0) is 22.2. The second kappa shape index (κ2) is 8.00. The molecule has 0 fully saturated rings. The van der Waals surface area contributed by atoms with Gasteiger partial charge in [-0.05, 0) is 31.5 Å². The second-order valence-corrected chi connectivity index (χ2v) is 8.75. The van der Waals surface area contributed by atoms with Crippen LogP contribution in [-0.2, 0) is 16.8 Å². The van der Waals surface area contributed by atoms with E-state index < -0.39 is 11.5 Å². The number of carboxylic acids is 1. The van der Waals surface area contributed by atoms with Gasteiger partial charge in [0, 0.05) is 16.9 Å². The van der Waals surface area contributed by atoms with Crippen molar-refractivity contribution in [2.45, 2.75) is 25.8 Å². The Balaban J connectivity index is 1.96. The molecule has 0 aliphatic heterocycles. The van der Waals surface area contributed by atoms with E-state index in [1.54, 1.807) is 13.2 Å². The predicted molar refractivity (Wildman–Crippen MR) is 122 cm³/mol. The predicted octanol–water partition coefficient (Wildman–Crippen LogP) is 4.54. The fourth-order valence-electron chi connectivity index (χ4n) is 3.58. The van der Waals surface area contributed by atoms with E-state index in [-0.39, 0.29) is 12.0 Å². The van der Waals surface area contributed by atoms with Gasteiger partial charge in [0.2, 0.25) is 0 Å². The lowest BCUT2D eigenvalue weighted by Crippen LogP contribution is -2.44. The molecule has 0 atom stereocenters. The van der Waals surface area contributed by atoms with Crippen molar-refractivity contribution in [1.29, 1.82) is 0 Å². The number of benzene rings is 2. The summed E-state index contributed by atoms with van der Waals surface area (Å²) in [5.74, 6) is -0.0564. The third-order valence-corrected chi connectivity index (χ3v) is 6.39. The highest BCUT2D eigenvalue weighted by Crippen LogP contribution is 2.32. The number of aliphatic carboxylic acids is 1. The average Bonchev–Trinajstić information content (AvgIpc) is 3.19. The molecule has 31 heavy (non-hydrogen) atoms. The first-order chi connectivity index (χ1) is 14.8. The van der Waals surface area contributed by atoms with Crippen LogP contribution in [0.5, 0.6) is 5.75 Å². The van der Waals surface area contributed by atoms with Crippen LogP contribution in [0.25, 0.3) is 20.7 Å². The zero-order valence-corrected chi connectivity index (χ0v) is 18.3. The standard InChI is InChI=1S/C24H22N2O4S/c1-24(2,23(28)29)26-20(13-16-11-7-8-12-18(16)30-3)25-21-17(22(26)27)14-19(31-21)15-9-5-4-6-10-15/h4-12,14H,13H2,1-3H3,(H,28,29). The summed E-state index contributed by atoms with van der Waals surface area (Å²) in [6.45, 7) is 3.03. The molecular formula is C24H22N2O4S. The zero-order valence-electron chi connectivity index (χ0n) is 17.5. The Kier molecular flexibility index (Phi) is 5.37. The number of nitrogens with zero attached hydrogens (tertiary/aromatic N) is 2. The van der Waals surface area contributed by atoms with Gasteiger partial charge in [-0.3, -0.25) is 9.36 Å². The maximum Gasteiger partial charge on any atom is 0.329 e. The summed E-state index contributed by atoms with van der Waals surface area (Å²) in [5.41, 5.74) is -0.0169. The minimum atomic E-state index is -1.47. The van der Waals surface area contributed by atoms with Crippen LogP contribution in [0, 0.1) is 0 Å². The van der Waals surface area contributed by atoms with E-state index in [1.807, 2.05) is 54.6 Å². The first-order valence-electron chi connectivity index (χ1n) is 9.79. The molecule has 0 radical (unpaired) electrons. The molecule has 0 saturated carbocycles. The van der Waals surface area contributed by atoms with Gasteiger partial charge < -0.3 is 9.84 Å². The Hall–Kier alpha value is -3.45. The number of aromatic nitrogens is 2. The van der Waals surface area contributed by atoms with Gasteiger partial charge in [0.05, 0.1) is 12.5 Å². The summed E-state index contributed by atoms with van der Waals surface area (Å²) in [7, 11) is 1.58. The summed E-state index contributed by atoms with van der Waals surface area (Å²) < 4.78 is 6.74. The molecule has 2 heterocycles. The van der Waals surface area contributed by atoms with Crippen LogP contribution in [-0.4, -0.2) is 27.7 Å². The number of thiophene rings is 1. The van der Waals surface area contributed by atoms with Crippen molar-refractivity contribution in [2.24, 2.45) is 0 Å². The van der Waals surface area contributed by atoms with Gasteiger partial charge in [-0.2, -0.15) is 0 Å². The molecule has 2 aromatic carbocycles. The van der Waals surface area contributed by atoms with E-state index >= 15 is 0 Å². The molecule has 0 unspecified atom stereocenters. The van der Waals surface area contributed by atoms with Crippen LogP contribution in [0.3, 0.4) is 0 Å². The lowest BCUT2D eigenvalue weighted by Gasteiger charge is -2.25. The summed E-state index contributed by atoms with van der Waals surface area (Å²) >= 11 is 1.42. The number of ether oxygens (including phenoxy) is 1. The topological polar surface area (TPSA) is 81.4 Å². The Morgan fingerprint density at radius 3 is 2.48 bits per heavy atom. The number of hydrogen-bond acceptors (Lipinski definition) is 5. The Labute approximate surface area is 183 Å². The van der Waals surface area contributed by atoms with Gasteiger partial charge in [-0.1, -0.05) is 48.5 Å². The molecule has 0 spiro atoms. The van der Waals surface area contributed by atoms with E-state index in [9.17, 15) is 14.7 Å². The molecule has 158 valence electrons. The number of rotatable bonds is 6. The van der Waals surface area contributed by atoms with Crippen molar-refractivity contribution >= 4 is 27.5 Å². The molecule has 2 aromatic heterocycles. The molecule has 0 aliphatic carbocycles. The van der Waals surface area contributed by atoms with Gasteiger partial charge >= 0.3 is 5.97 Å². The molecule has 4 aromatic rings. The van der Waals surface area contributed by atoms with Crippen LogP contribution in [0.4, 0.5) is 0 Å². The Morgan fingerprint density at radius 1 is 1.13 bits per heavy atom. The van der Waals surface area contributed by atoms with E-state index in [0.29, 0.717) is 21.8 Å². The van der Waals surface area contributed by atoms with Crippen molar-refractivity contribution in [3.05, 3.63) is 82.4 Å². The normalized spacial score (nSPS) is 11.6. The third-order valence-electron chi connectivity index (χ3n) is 5.32. The van der Waals surface area contributed by atoms with Gasteiger partial charge in [-0.25, -0.2) is 9.78 Å². The first kappa shape index (κ1) is 20.8. The minimum absolute atomic E-state index is 0.268. The van der Waals surface area contributed by atoms with Gasteiger partial charge in [0.25, 0.3) is 5.56 Å². The number of para-hydroxylation sites is 1. The van der Waals surface area contributed by atoms with Crippen LogP contribution in [0.15, 0.2) is 65.5 Å². The second-order valence-electron chi connectivity index (χ2n) is 7.72. The molecule has 7 heteroatoms. The van der Waals surface area contributed by atoms with Crippen molar-refractivity contribution in [3.8, 4) is 16.2 Å². The Bertz CT molecular complexity index is 1320. The van der Waals surface area contributed by atoms with Crippen LogP contribution in [0.2, 0.25) is 0 Å². The average molecular weight is 435 g/mol. The molecule has 0 aliphatic rings. The highest BCUT2D eigenvalue weighted by Gasteiger charge is 2.34. The number of carbonyl (C=O) groups is 1. The van der Waals surface area contributed by atoms with Crippen molar-refractivity contribution in [3.63, 3.8) is 0 Å². The van der Waals surface area contributed by atoms with E-state index in [4.69, 9.17) is 9.72 Å². The molecule has 4 rings (SSSR count). The SMILES string of the molecule is COc1ccccc1Cc1nc2sc(-c3ccccc3)cc2c(=O)n1C(C)(C)C(=O)O. The monoisotopic (exact) mass is 434 g/mol. The molecule has 0 amide bonds. The Morgan fingerprint density at radius 2 is 1.81 bits per heavy atom. The molecular weight excluding hydrogens is 412 g/mol. The maximum atomic E-state index is 13.5. The van der Waals surface area contributed by atoms with Crippen molar-refractivity contribution in [1.82, 2.24) is 9.55 Å². The molecule has 0 bridgehead atoms. The summed E-state index contributed by atoms with van der Waals surface area (Å²) in [6, 6.07) is 19.0. The maximum absolute atomic E-state index is 13.5. The number of carboxylic acid groups (broad SMARTS) is 1. The summed E-state index contributed by atoms with van der Waals surface area (Å²) in [4.78, 5) is 31.8. The number of methoxy groups -OCH3 is 1. The van der Waals surface area contributed by atoms with Crippen LogP contribution >= 0.6 is 11.3 Å². The highest BCUT2D eigenvalue weighted by atomic mass is 32.1. The van der Waals surface area contributed by atoms with Crippen molar-refractivity contribution in [2.75, 3.05) is 7.11 Å². The fraction of sp³-hybridized carbons (Fsp3) is 0.208. The fourth-order valence-corrected chi connectivity index (χ4v) is 4.62. The molecule has 0 saturated heterocycles. The van der Waals surface area contributed by atoms with Gasteiger partial charge in [0.1, 0.15) is 21.9 Å². The van der Waals surface area contributed by atoms with E-state index in [0.717, 1.165) is 16.0 Å². The third kappa shape index (κ3) is 3.72. The summed E-state index contributed by atoms with van der Waals surface area (Å²) in [6.07, 6.45) is 0.268. The lowest BCUT2D eigenvalue weighted by molar-refractivity contribution is -0.146. The van der Waals surface area contributed by atoms with Gasteiger partial charge in [-0.15, -0.1) is 11.3 Å². The van der Waals surface area contributed by atoms with Crippen molar-refractivity contribution < 1.29 is 14.6 Å². The minimum Gasteiger partial charge on any atom is -0.496 e. The largest absolute Gasteiger partial charge is 0.496 e. The summed E-state index contributed by atoms with van der Waals surface area (Å²) in [5, 5.41) is 10.3. The van der Waals surface area contributed by atoms with Gasteiger partial charge in [0.15, 0.2) is 0 Å². The lowest BCUT2D eigenvalue weighted by atomic mass is 10.0. The quantitative estimate of drug-likeness (QED) is 0.482. The van der Waals surface area contributed by atoms with Crippen LogP contribution in [0.1, 0.15) is 25.2 Å². The number of fused-ring (bicyclic) bond motifs is 1. The first-order valence-corrected chi connectivity index (χ1v) is 10.6. The van der Waals surface area contributed by atoms with Crippen LogP contribution < -0.4 is 10.3 Å². The molecule has 1 N–H and O–H groups in total. The van der Waals surface area contributed by atoms with E-state index in [2.05, 4.69) is 0 Å².